The molecule has 1 heterocycles. The normalized spacial score (nSPS) is 15.6. The minimum Gasteiger partial charge on any atom is -0.497 e. The summed E-state index contributed by atoms with van der Waals surface area (Å²) in [6.07, 6.45) is 0. The van der Waals surface area contributed by atoms with Crippen molar-refractivity contribution >= 4 is 33.4 Å². The second-order valence-corrected chi connectivity index (χ2v) is 7.90. The number of rotatable bonds is 4. The van der Waals surface area contributed by atoms with Crippen LogP contribution in [0.4, 0.5) is 4.39 Å². The van der Waals surface area contributed by atoms with E-state index in [1.807, 2.05) is 36.4 Å². The number of amides is 1. The molecule has 0 saturated carbocycles. The Labute approximate surface area is 175 Å². The highest BCUT2D eigenvalue weighted by atomic mass is 79.9. The molecule has 1 aliphatic rings. The molecule has 142 valence electrons. The molecule has 0 aliphatic carbocycles. The van der Waals surface area contributed by atoms with Crippen molar-refractivity contribution in [3.05, 3.63) is 98.2 Å². The Morgan fingerprint density at radius 3 is 2.54 bits per heavy atom. The first-order valence-corrected chi connectivity index (χ1v) is 9.83. The molecular weight excluding hydrogens is 445 g/mol. The predicted molar refractivity (Wildman–Crippen MR) is 110 cm³/mol. The number of benzene rings is 3. The van der Waals surface area contributed by atoms with Crippen molar-refractivity contribution in [2.75, 3.05) is 7.11 Å². The van der Waals surface area contributed by atoms with Gasteiger partial charge in [0.25, 0.3) is 5.91 Å². The molecule has 0 bridgehead atoms. The van der Waals surface area contributed by atoms with Crippen LogP contribution in [-0.4, -0.2) is 17.9 Å². The Bertz CT molecular complexity index is 1050. The molecule has 0 radical (unpaired) electrons. The molecule has 3 aromatic rings. The van der Waals surface area contributed by atoms with Gasteiger partial charge in [0.15, 0.2) is 0 Å². The van der Waals surface area contributed by atoms with Crippen molar-refractivity contribution in [1.29, 1.82) is 0 Å². The van der Waals surface area contributed by atoms with Crippen molar-refractivity contribution in [2.24, 2.45) is 0 Å². The fourth-order valence-electron chi connectivity index (χ4n) is 3.54. The van der Waals surface area contributed by atoms with Crippen LogP contribution >= 0.6 is 27.5 Å². The van der Waals surface area contributed by atoms with Crippen LogP contribution in [-0.2, 0) is 6.54 Å². The van der Waals surface area contributed by atoms with Gasteiger partial charge in [0.1, 0.15) is 11.6 Å². The molecule has 1 unspecified atom stereocenters. The largest absolute Gasteiger partial charge is 0.497 e. The quantitative estimate of drug-likeness (QED) is 0.478. The molecule has 1 amide bonds. The summed E-state index contributed by atoms with van der Waals surface area (Å²) in [7, 11) is 1.61. The third-order valence-electron chi connectivity index (χ3n) is 4.88. The Hall–Kier alpha value is -2.37. The molecule has 0 aromatic heterocycles. The van der Waals surface area contributed by atoms with Gasteiger partial charge in [-0.05, 0) is 53.6 Å². The number of carbonyl (C=O) groups is 1. The number of carbonyl (C=O) groups excluding carboxylic acids is 1. The summed E-state index contributed by atoms with van der Waals surface area (Å²) in [5.41, 5.74) is 2.92. The zero-order valence-corrected chi connectivity index (χ0v) is 17.3. The smallest absolute Gasteiger partial charge is 0.255 e. The molecule has 6 heteroatoms. The first-order valence-electron chi connectivity index (χ1n) is 8.66. The molecule has 3 nitrogen and oxygen atoms in total. The SMILES string of the molecule is COc1ccc(CN2C(=O)c3cc(Br)ccc3C2c2cc(F)ccc2Cl)cc1. The lowest BCUT2D eigenvalue weighted by atomic mass is 9.97. The van der Waals surface area contributed by atoms with E-state index in [1.165, 1.54) is 18.2 Å². The Balaban J connectivity index is 1.80. The maximum absolute atomic E-state index is 14.0. The van der Waals surface area contributed by atoms with Crippen molar-refractivity contribution in [1.82, 2.24) is 4.90 Å². The monoisotopic (exact) mass is 459 g/mol. The Kier molecular flexibility index (Phi) is 5.13. The highest BCUT2D eigenvalue weighted by Crippen LogP contribution is 2.42. The topological polar surface area (TPSA) is 29.5 Å². The van der Waals surface area contributed by atoms with Gasteiger partial charge in [-0.1, -0.05) is 45.7 Å². The summed E-state index contributed by atoms with van der Waals surface area (Å²) in [4.78, 5) is 14.9. The maximum atomic E-state index is 14.0. The number of fused-ring (bicyclic) bond motifs is 1. The number of hydrogen-bond donors (Lipinski definition) is 0. The van der Waals surface area contributed by atoms with Crippen LogP contribution in [0.25, 0.3) is 0 Å². The van der Waals surface area contributed by atoms with Crippen LogP contribution in [0.2, 0.25) is 5.02 Å². The molecule has 1 atom stereocenters. The van der Waals surface area contributed by atoms with Gasteiger partial charge in [0.2, 0.25) is 0 Å². The van der Waals surface area contributed by atoms with E-state index in [4.69, 9.17) is 16.3 Å². The maximum Gasteiger partial charge on any atom is 0.255 e. The summed E-state index contributed by atoms with van der Waals surface area (Å²) in [6, 6.07) is 16.9. The van der Waals surface area contributed by atoms with Gasteiger partial charge in [-0.3, -0.25) is 4.79 Å². The van der Waals surface area contributed by atoms with Crippen LogP contribution in [0.5, 0.6) is 5.75 Å². The zero-order valence-electron chi connectivity index (χ0n) is 15.0. The highest BCUT2D eigenvalue weighted by Gasteiger charge is 2.38. The fourth-order valence-corrected chi connectivity index (χ4v) is 4.12. The van der Waals surface area contributed by atoms with Gasteiger partial charge < -0.3 is 9.64 Å². The van der Waals surface area contributed by atoms with Crippen LogP contribution in [0.1, 0.15) is 33.1 Å². The minimum atomic E-state index is -0.457. The molecule has 0 fully saturated rings. The van der Waals surface area contributed by atoms with Crippen molar-refractivity contribution in [3.63, 3.8) is 0 Å². The van der Waals surface area contributed by atoms with Crippen LogP contribution in [0.3, 0.4) is 0 Å². The van der Waals surface area contributed by atoms with Crippen molar-refractivity contribution in [3.8, 4) is 5.75 Å². The second kappa shape index (κ2) is 7.57. The predicted octanol–water partition coefficient (Wildman–Crippen LogP) is 6.00. The molecule has 0 spiro atoms. The average Bonchev–Trinajstić information content (AvgIpc) is 2.96. The summed E-state index contributed by atoms with van der Waals surface area (Å²) < 4.78 is 20.0. The molecule has 4 rings (SSSR count). The first-order chi connectivity index (χ1) is 13.5. The fraction of sp³-hybridized carbons (Fsp3) is 0.136. The number of methoxy groups -OCH3 is 1. The highest BCUT2D eigenvalue weighted by molar-refractivity contribution is 9.10. The zero-order chi connectivity index (χ0) is 19.8. The lowest BCUT2D eigenvalue weighted by Gasteiger charge is -2.27. The van der Waals surface area contributed by atoms with Gasteiger partial charge in [0, 0.05) is 27.2 Å². The lowest BCUT2D eigenvalue weighted by Crippen LogP contribution is -2.28. The molecular formula is C22H16BrClFNO2. The van der Waals surface area contributed by atoms with E-state index in [0.717, 1.165) is 21.3 Å². The van der Waals surface area contributed by atoms with Gasteiger partial charge >= 0.3 is 0 Å². The molecule has 3 aromatic carbocycles. The molecule has 0 N–H and O–H groups in total. The number of halogens is 3. The second-order valence-electron chi connectivity index (χ2n) is 6.58. The number of hydrogen-bond acceptors (Lipinski definition) is 2. The van der Waals surface area contributed by atoms with E-state index >= 15 is 0 Å². The molecule has 28 heavy (non-hydrogen) atoms. The van der Waals surface area contributed by atoms with E-state index in [9.17, 15) is 9.18 Å². The first kappa shape index (κ1) is 19.0. The molecule has 0 saturated heterocycles. The van der Waals surface area contributed by atoms with Gasteiger partial charge in [0.05, 0.1) is 13.2 Å². The van der Waals surface area contributed by atoms with Gasteiger partial charge in [-0.2, -0.15) is 0 Å². The Morgan fingerprint density at radius 1 is 1.07 bits per heavy atom. The molecule has 1 aliphatic heterocycles. The summed E-state index contributed by atoms with van der Waals surface area (Å²) in [5.74, 6) is 0.243. The number of nitrogens with zero attached hydrogens (tertiary/aromatic N) is 1. The average molecular weight is 461 g/mol. The van der Waals surface area contributed by atoms with Crippen LogP contribution in [0, 0.1) is 5.82 Å². The lowest BCUT2D eigenvalue weighted by molar-refractivity contribution is 0.0735. The van der Waals surface area contributed by atoms with Crippen LogP contribution in [0.15, 0.2) is 65.1 Å². The van der Waals surface area contributed by atoms with E-state index in [-0.39, 0.29) is 11.7 Å². The summed E-state index contributed by atoms with van der Waals surface area (Å²) in [6.45, 7) is 0.368. The van der Waals surface area contributed by atoms with Gasteiger partial charge in [-0.15, -0.1) is 0 Å². The van der Waals surface area contributed by atoms with Gasteiger partial charge in [-0.25, -0.2) is 4.39 Å². The van der Waals surface area contributed by atoms with E-state index < -0.39 is 6.04 Å². The summed E-state index contributed by atoms with van der Waals surface area (Å²) >= 11 is 9.83. The van der Waals surface area contributed by atoms with E-state index in [0.29, 0.717) is 22.7 Å². The van der Waals surface area contributed by atoms with Crippen molar-refractivity contribution in [2.45, 2.75) is 12.6 Å². The number of ether oxygens (including phenoxy) is 1. The Morgan fingerprint density at radius 2 is 1.82 bits per heavy atom. The standard InChI is InChI=1S/C22H16BrClFNO2/c1-28-16-6-2-13(3-7-16)12-26-21(19-11-15(25)5-9-20(19)24)17-8-4-14(23)10-18(17)22(26)27/h2-11,21H,12H2,1H3. The summed E-state index contributed by atoms with van der Waals surface area (Å²) in [5, 5.41) is 0.426. The van der Waals surface area contributed by atoms with E-state index in [1.54, 1.807) is 18.1 Å². The third-order valence-corrected chi connectivity index (χ3v) is 5.71. The van der Waals surface area contributed by atoms with Crippen molar-refractivity contribution < 1.29 is 13.9 Å². The van der Waals surface area contributed by atoms with E-state index in [2.05, 4.69) is 15.9 Å². The third kappa shape index (κ3) is 3.40. The van der Waals surface area contributed by atoms with Crippen LogP contribution < -0.4 is 4.74 Å². The minimum absolute atomic E-state index is 0.113.